The number of phenolic OH excluding ortho intramolecular Hbond substituents is 1. The number of aryl methyl sites for hydroxylation is 2. The first-order valence-corrected chi connectivity index (χ1v) is 6.99. The van der Waals surface area contributed by atoms with Gasteiger partial charge in [0, 0.05) is 5.69 Å². The number of nitrogens with one attached hydrogen (secondary N) is 1. The van der Waals surface area contributed by atoms with Gasteiger partial charge in [0.2, 0.25) is 5.91 Å². The minimum atomic E-state index is -0.626. The largest absolute Gasteiger partial charge is 0.508 e. The Morgan fingerprint density at radius 3 is 2.29 bits per heavy atom. The van der Waals surface area contributed by atoms with Crippen molar-refractivity contribution in [3.63, 3.8) is 0 Å². The molecule has 0 atom stereocenters. The fraction of sp³-hybridized carbons (Fsp3) is 0.278. The predicted octanol–water partition coefficient (Wildman–Crippen LogP) is 3.93. The molecule has 0 aliphatic carbocycles. The van der Waals surface area contributed by atoms with Gasteiger partial charge in [0.05, 0.1) is 5.41 Å². The number of anilines is 1. The van der Waals surface area contributed by atoms with Crippen molar-refractivity contribution in [2.75, 3.05) is 5.32 Å². The van der Waals surface area contributed by atoms with Crippen molar-refractivity contribution in [2.45, 2.75) is 33.1 Å². The molecule has 110 valence electrons. The molecule has 2 N–H and O–H groups in total. The Hall–Kier alpha value is -2.29. The smallest absolute Gasteiger partial charge is 0.234 e. The third-order valence-corrected chi connectivity index (χ3v) is 3.85. The highest BCUT2D eigenvalue weighted by molar-refractivity contribution is 5.99. The van der Waals surface area contributed by atoms with Crippen LogP contribution in [0.5, 0.6) is 5.75 Å². The third kappa shape index (κ3) is 3.07. The van der Waals surface area contributed by atoms with Gasteiger partial charge in [-0.05, 0) is 56.5 Å². The summed E-state index contributed by atoms with van der Waals surface area (Å²) in [5.41, 5.74) is 2.66. The van der Waals surface area contributed by atoms with Gasteiger partial charge in [0.1, 0.15) is 5.75 Å². The lowest BCUT2D eigenvalue weighted by molar-refractivity contribution is -0.120. The highest BCUT2D eigenvalue weighted by Crippen LogP contribution is 2.28. The van der Waals surface area contributed by atoms with E-state index in [0.29, 0.717) is 0 Å². The summed E-state index contributed by atoms with van der Waals surface area (Å²) in [6, 6.07) is 13.2. The summed E-state index contributed by atoms with van der Waals surface area (Å²) in [4.78, 5) is 12.6. The molecule has 2 rings (SSSR count). The van der Waals surface area contributed by atoms with E-state index in [1.165, 1.54) is 0 Å². The number of hydrogen-bond donors (Lipinski definition) is 2. The molecule has 0 saturated heterocycles. The lowest BCUT2D eigenvalue weighted by Crippen LogP contribution is -2.34. The van der Waals surface area contributed by atoms with E-state index >= 15 is 0 Å². The molecule has 0 aromatic heterocycles. The lowest BCUT2D eigenvalue weighted by Gasteiger charge is -2.25. The highest BCUT2D eigenvalue weighted by Gasteiger charge is 2.29. The van der Waals surface area contributed by atoms with Crippen LogP contribution in [0, 0.1) is 13.8 Å². The van der Waals surface area contributed by atoms with Crippen molar-refractivity contribution in [1.29, 1.82) is 0 Å². The molecule has 0 heterocycles. The van der Waals surface area contributed by atoms with Crippen molar-refractivity contribution >= 4 is 11.6 Å². The summed E-state index contributed by atoms with van der Waals surface area (Å²) >= 11 is 0. The number of carbonyl (C=O) groups is 1. The van der Waals surface area contributed by atoms with Gasteiger partial charge in [-0.25, -0.2) is 0 Å². The Bertz CT molecular complexity index is 660. The summed E-state index contributed by atoms with van der Waals surface area (Å²) in [5.74, 6) is 0.176. The molecule has 2 aromatic rings. The fourth-order valence-electron chi connectivity index (χ4n) is 2.20. The van der Waals surface area contributed by atoms with Crippen LogP contribution in [0.25, 0.3) is 0 Å². The second-order valence-corrected chi connectivity index (χ2v) is 5.90. The zero-order chi connectivity index (χ0) is 15.6. The minimum absolute atomic E-state index is 0.0677. The minimum Gasteiger partial charge on any atom is -0.508 e. The second-order valence-electron chi connectivity index (χ2n) is 5.90. The topological polar surface area (TPSA) is 49.3 Å². The van der Waals surface area contributed by atoms with Gasteiger partial charge in [0.15, 0.2) is 0 Å². The van der Waals surface area contributed by atoms with Crippen LogP contribution >= 0.6 is 0 Å². The fourth-order valence-corrected chi connectivity index (χ4v) is 2.20. The number of amides is 1. The Kier molecular flexibility index (Phi) is 4.03. The molecule has 0 spiro atoms. The van der Waals surface area contributed by atoms with Crippen LogP contribution in [-0.4, -0.2) is 11.0 Å². The van der Waals surface area contributed by atoms with Crippen LogP contribution in [0.15, 0.2) is 42.5 Å². The zero-order valence-electron chi connectivity index (χ0n) is 12.9. The molecule has 0 unspecified atom stereocenters. The van der Waals surface area contributed by atoms with Gasteiger partial charge in [-0.2, -0.15) is 0 Å². The standard InChI is InChI=1S/C18H21NO2/c1-12-11-16(20)13(2)10-15(12)19-17(21)18(3,4)14-8-6-5-7-9-14/h5-11,20H,1-4H3,(H,19,21). The number of phenols is 1. The van der Waals surface area contributed by atoms with Crippen LogP contribution in [0.4, 0.5) is 5.69 Å². The Labute approximate surface area is 125 Å². The molecule has 0 fully saturated rings. The maximum absolute atomic E-state index is 12.6. The predicted molar refractivity (Wildman–Crippen MR) is 85.7 cm³/mol. The Morgan fingerprint density at radius 2 is 1.67 bits per heavy atom. The molecule has 2 aromatic carbocycles. The van der Waals surface area contributed by atoms with E-state index in [9.17, 15) is 9.90 Å². The molecule has 0 bridgehead atoms. The zero-order valence-corrected chi connectivity index (χ0v) is 12.9. The van der Waals surface area contributed by atoms with Crippen LogP contribution < -0.4 is 5.32 Å². The molecular weight excluding hydrogens is 262 g/mol. The van der Waals surface area contributed by atoms with Crippen molar-refractivity contribution < 1.29 is 9.90 Å². The van der Waals surface area contributed by atoms with Gasteiger partial charge >= 0.3 is 0 Å². The average Bonchev–Trinajstić information content (AvgIpc) is 2.45. The maximum atomic E-state index is 12.6. The van der Waals surface area contributed by atoms with Crippen molar-refractivity contribution in [3.8, 4) is 5.75 Å². The molecular formula is C18H21NO2. The highest BCUT2D eigenvalue weighted by atomic mass is 16.3. The number of carbonyl (C=O) groups excluding carboxylic acids is 1. The first-order valence-electron chi connectivity index (χ1n) is 6.99. The Balaban J connectivity index is 2.28. The van der Waals surface area contributed by atoms with Crippen molar-refractivity contribution in [2.24, 2.45) is 0 Å². The van der Waals surface area contributed by atoms with Gasteiger partial charge in [-0.1, -0.05) is 30.3 Å². The Morgan fingerprint density at radius 1 is 1.05 bits per heavy atom. The van der Waals surface area contributed by atoms with Crippen LogP contribution in [0.1, 0.15) is 30.5 Å². The van der Waals surface area contributed by atoms with Crippen molar-refractivity contribution in [3.05, 3.63) is 59.2 Å². The van der Waals surface area contributed by atoms with Crippen LogP contribution in [0.3, 0.4) is 0 Å². The normalized spacial score (nSPS) is 11.2. The summed E-state index contributed by atoms with van der Waals surface area (Å²) in [6.07, 6.45) is 0. The van der Waals surface area contributed by atoms with E-state index in [1.807, 2.05) is 58.0 Å². The SMILES string of the molecule is Cc1cc(NC(=O)C(C)(C)c2ccccc2)c(C)cc1O. The van der Waals surface area contributed by atoms with E-state index in [4.69, 9.17) is 0 Å². The molecule has 0 aliphatic heterocycles. The molecule has 3 heteroatoms. The number of benzene rings is 2. The summed E-state index contributed by atoms with van der Waals surface area (Å²) < 4.78 is 0. The number of hydrogen-bond acceptors (Lipinski definition) is 2. The first kappa shape index (κ1) is 15.1. The molecule has 1 amide bonds. The van der Waals surface area contributed by atoms with E-state index in [0.717, 1.165) is 22.4 Å². The van der Waals surface area contributed by atoms with Gasteiger partial charge in [-0.3, -0.25) is 4.79 Å². The van der Waals surface area contributed by atoms with E-state index < -0.39 is 5.41 Å². The molecule has 0 saturated carbocycles. The summed E-state index contributed by atoms with van der Waals surface area (Å²) in [6.45, 7) is 7.48. The van der Waals surface area contributed by atoms with Crippen LogP contribution in [0.2, 0.25) is 0 Å². The summed E-state index contributed by atoms with van der Waals surface area (Å²) in [5, 5.41) is 12.7. The van der Waals surface area contributed by atoms with Gasteiger partial charge < -0.3 is 10.4 Å². The van der Waals surface area contributed by atoms with E-state index in [-0.39, 0.29) is 11.7 Å². The monoisotopic (exact) mass is 283 g/mol. The van der Waals surface area contributed by atoms with Crippen LogP contribution in [-0.2, 0) is 10.2 Å². The average molecular weight is 283 g/mol. The van der Waals surface area contributed by atoms with Gasteiger partial charge in [0.25, 0.3) is 0 Å². The van der Waals surface area contributed by atoms with E-state index in [2.05, 4.69) is 5.32 Å². The number of aromatic hydroxyl groups is 1. The first-order chi connectivity index (χ1) is 9.82. The van der Waals surface area contributed by atoms with Gasteiger partial charge in [-0.15, -0.1) is 0 Å². The maximum Gasteiger partial charge on any atom is 0.234 e. The lowest BCUT2D eigenvalue weighted by atomic mass is 9.83. The number of rotatable bonds is 3. The summed E-state index contributed by atoms with van der Waals surface area (Å²) in [7, 11) is 0. The molecule has 0 aliphatic rings. The quantitative estimate of drug-likeness (QED) is 0.839. The third-order valence-electron chi connectivity index (χ3n) is 3.85. The molecule has 3 nitrogen and oxygen atoms in total. The molecule has 0 radical (unpaired) electrons. The molecule has 21 heavy (non-hydrogen) atoms. The second kappa shape index (κ2) is 5.60. The van der Waals surface area contributed by atoms with E-state index in [1.54, 1.807) is 12.1 Å². The van der Waals surface area contributed by atoms with Crippen molar-refractivity contribution in [1.82, 2.24) is 0 Å².